The number of phenols is 1. The van der Waals surface area contributed by atoms with E-state index >= 15 is 0 Å². The van der Waals surface area contributed by atoms with Crippen LogP contribution in [0.2, 0.25) is 5.02 Å². The van der Waals surface area contributed by atoms with Crippen LogP contribution < -0.4 is 11.2 Å². The van der Waals surface area contributed by atoms with Gasteiger partial charge in [-0.25, -0.2) is 9.78 Å². The molecular formula is C11H7ClN4O3. The molecule has 19 heavy (non-hydrogen) atoms. The maximum absolute atomic E-state index is 11.6. The van der Waals surface area contributed by atoms with E-state index in [4.69, 9.17) is 11.6 Å². The largest absolute Gasteiger partial charge is 0.507 e. The molecule has 0 radical (unpaired) electrons. The fourth-order valence-corrected chi connectivity index (χ4v) is 1.93. The van der Waals surface area contributed by atoms with Crippen molar-refractivity contribution in [2.45, 2.75) is 0 Å². The molecule has 0 unspecified atom stereocenters. The van der Waals surface area contributed by atoms with E-state index in [0.717, 1.165) is 0 Å². The third-order valence-corrected chi connectivity index (χ3v) is 2.84. The van der Waals surface area contributed by atoms with E-state index in [0.29, 0.717) is 10.6 Å². The summed E-state index contributed by atoms with van der Waals surface area (Å²) >= 11 is 5.84. The van der Waals surface area contributed by atoms with E-state index in [9.17, 15) is 14.7 Å². The number of nitrogens with zero attached hydrogens (tertiary/aromatic N) is 1. The van der Waals surface area contributed by atoms with Gasteiger partial charge in [0.2, 0.25) is 0 Å². The number of fused-ring (bicyclic) bond motifs is 1. The molecule has 0 atom stereocenters. The predicted octanol–water partition coefficient (Wildman–Crippen LogP) is 0.966. The molecule has 0 saturated carbocycles. The number of aromatic amines is 3. The number of nitrogens with one attached hydrogen (secondary N) is 3. The Morgan fingerprint density at radius 3 is 2.74 bits per heavy atom. The van der Waals surface area contributed by atoms with Crippen molar-refractivity contribution in [1.82, 2.24) is 19.9 Å². The smallest absolute Gasteiger partial charge is 0.327 e. The summed E-state index contributed by atoms with van der Waals surface area (Å²) < 4.78 is 0. The molecule has 1 aromatic carbocycles. The molecule has 0 bridgehead atoms. The summed E-state index contributed by atoms with van der Waals surface area (Å²) in [6, 6.07) is 4.44. The van der Waals surface area contributed by atoms with Crippen molar-refractivity contribution >= 4 is 22.8 Å². The molecule has 0 aliphatic rings. The summed E-state index contributed by atoms with van der Waals surface area (Å²) in [5.74, 6) is 0.199. The second kappa shape index (κ2) is 3.99. The van der Waals surface area contributed by atoms with Gasteiger partial charge in [-0.15, -0.1) is 0 Å². The first-order chi connectivity index (χ1) is 9.04. The highest BCUT2D eigenvalue weighted by atomic mass is 35.5. The Bertz CT molecular complexity index is 893. The van der Waals surface area contributed by atoms with Gasteiger partial charge in [-0.05, 0) is 18.2 Å². The summed E-state index contributed by atoms with van der Waals surface area (Å²) in [5.41, 5.74) is -0.661. The van der Waals surface area contributed by atoms with Gasteiger partial charge in [-0.2, -0.15) is 0 Å². The number of rotatable bonds is 1. The zero-order valence-electron chi connectivity index (χ0n) is 9.32. The number of halogens is 1. The van der Waals surface area contributed by atoms with Crippen molar-refractivity contribution < 1.29 is 5.11 Å². The Morgan fingerprint density at radius 1 is 1.16 bits per heavy atom. The highest BCUT2D eigenvalue weighted by Gasteiger charge is 2.12. The second-order valence-electron chi connectivity index (χ2n) is 3.88. The van der Waals surface area contributed by atoms with Crippen molar-refractivity contribution in [3.63, 3.8) is 0 Å². The maximum atomic E-state index is 11.6. The number of hydrogen-bond donors (Lipinski definition) is 4. The number of aromatic nitrogens is 4. The molecule has 0 saturated heterocycles. The first-order valence-corrected chi connectivity index (χ1v) is 5.63. The average molecular weight is 279 g/mol. The first-order valence-electron chi connectivity index (χ1n) is 5.26. The lowest BCUT2D eigenvalue weighted by Gasteiger charge is -2.00. The summed E-state index contributed by atoms with van der Waals surface area (Å²) in [7, 11) is 0. The molecule has 0 aliphatic carbocycles. The quantitative estimate of drug-likeness (QED) is 0.531. The molecule has 4 N–H and O–H groups in total. The molecule has 0 aliphatic heterocycles. The molecule has 3 rings (SSSR count). The van der Waals surface area contributed by atoms with Crippen molar-refractivity contribution in [2.24, 2.45) is 0 Å². The van der Waals surface area contributed by atoms with Crippen LogP contribution in [-0.2, 0) is 0 Å². The number of benzene rings is 1. The van der Waals surface area contributed by atoms with E-state index < -0.39 is 11.2 Å². The maximum Gasteiger partial charge on any atom is 0.327 e. The monoisotopic (exact) mass is 278 g/mol. The van der Waals surface area contributed by atoms with Gasteiger partial charge in [0.05, 0.1) is 5.56 Å². The van der Waals surface area contributed by atoms with Crippen LogP contribution in [0.1, 0.15) is 0 Å². The minimum absolute atomic E-state index is 0.0396. The van der Waals surface area contributed by atoms with Crippen LogP contribution in [0.15, 0.2) is 27.8 Å². The molecule has 96 valence electrons. The second-order valence-corrected chi connectivity index (χ2v) is 4.32. The van der Waals surface area contributed by atoms with Gasteiger partial charge in [0.25, 0.3) is 5.56 Å². The third-order valence-electron chi connectivity index (χ3n) is 2.60. The average Bonchev–Trinajstić information content (AvgIpc) is 2.76. The summed E-state index contributed by atoms with van der Waals surface area (Å²) in [6.45, 7) is 0. The molecular weight excluding hydrogens is 272 g/mol. The minimum Gasteiger partial charge on any atom is -0.507 e. The zero-order valence-corrected chi connectivity index (χ0v) is 10.1. The van der Waals surface area contributed by atoms with Gasteiger partial charge in [0.1, 0.15) is 17.1 Å². The van der Waals surface area contributed by atoms with Gasteiger partial charge in [-0.1, -0.05) is 11.6 Å². The minimum atomic E-state index is -0.647. The number of aromatic hydroxyl groups is 1. The lowest BCUT2D eigenvalue weighted by molar-refractivity contribution is 0.477. The molecule has 2 heterocycles. The number of hydrogen-bond acceptors (Lipinski definition) is 4. The summed E-state index contributed by atoms with van der Waals surface area (Å²) in [5, 5.41) is 10.2. The standard InChI is InChI=1S/C11H7ClN4O3/c12-4-1-2-6(17)5(3-4)8-13-7-9(14-8)15-11(19)16-10(7)18/h1-3,17H,(H3,13,14,15,16,18,19). The van der Waals surface area contributed by atoms with E-state index in [1.807, 2.05) is 0 Å². The van der Waals surface area contributed by atoms with E-state index in [1.54, 1.807) is 0 Å². The molecule has 0 amide bonds. The molecule has 2 aromatic heterocycles. The lowest BCUT2D eigenvalue weighted by atomic mass is 10.2. The normalized spacial score (nSPS) is 11.0. The fourth-order valence-electron chi connectivity index (χ4n) is 1.76. The predicted molar refractivity (Wildman–Crippen MR) is 69.4 cm³/mol. The van der Waals surface area contributed by atoms with Gasteiger partial charge in [0, 0.05) is 5.02 Å². The van der Waals surface area contributed by atoms with Crippen molar-refractivity contribution in [3.8, 4) is 17.1 Å². The Labute approximate surface area is 109 Å². The summed E-state index contributed by atoms with van der Waals surface area (Å²) in [4.78, 5) is 33.9. The lowest BCUT2D eigenvalue weighted by Crippen LogP contribution is -2.21. The number of H-pyrrole nitrogens is 3. The fraction of sp³-hybridized carbons (Fsp3) is 0. The van der Waals surface area contributed by atoms with Crippen LogP contribution in [0.4, 0.5) is 0 Å². The van der Waals surface area contributed by atoms with Crippen LogP contribution in [-0.4, -0.2) is 25.0 Å². The topological polar surface area (TPSA) is 115 Å². The van der Waals surface area contributed by atoms with Gasteiger partial charge >= 0.3 is 5.69 Å². The van der Waals surface area contributed by atoms with Crippen LogP contribution >= 0.6 is 11.6 Å². The van der Waals surface area contributed by atoms with Crippen LogP contribution in [0.5, 0.6) is 5.75 Å². The van der Waals surface area contributed by atoms with Crippen molar-refractivity contribution in [3.05, 3.63) is 44.1 Å². The SMILES string of the molecule is O=c1[nH]c(=O)c2[nH]c(-c3cc(Cl)ccc3O)nc2[nH]1. The van der Waals surface area contributed by atoms with Crippen molar-refractivity contribution in [1.29, 1.82) is 0 Å². The van der Waals surface area contributed by atoms with E-state index in [-0.39, 0.29) is 22.7 Å². The Hall–Kier alpha value is -2.54. The highest BCUT2D eigenvalue weighted by molar-refractivity contribution is 6.30. The number of phenolic OH excluding ortho intramolecular Hbond substituents is 1. The van der Waals surface area contributed by atoms with E-state index in [2.05, 4.69) is 19.9 Å². The zero-order chi connectivity index (χ0) is 13.6. The Balaban J connectivity index is 2.32. The molecule has 8 heteroatoms. The van der Waals surface area contributed by atoms with Gasteiger partial charge < -0.3 is 10.1 Å². The van der Waals surface area contributed by atoms with Crippen LogP contribution in [0.25, 0.3) is 22.6 Å². The molecule has 7 nitrogen and oxygen atoms in total. The first kappa shape index (κ1) is 11.5. The van der Waals surface area contributed by atoms with Crippen molar-refractivity contribution in [2.75, 3.05) is 0 Å². The van der Waals surface area contributed by atoms with Gasteiger partial charge in [0.15, 0.2) is 5.65 Å². The highest BCUT2D eigenvalue weighted by Crippen LogP contribution is 2.30. The number of imidazole rings is 1. The van der Waals surface area contributed by atoms with Crippen LogP contribution in [0.3, 0.4) is 0 Å². The van der Waals surface area contributed by atoms with E-state index in [1.165, 1.54) is 18.2 Å². The molecule has 3 aromatic rings. The van der Waals surface area contributed by atoms with Gasteiger partial charge in [-0.3, -0.25) is 14.8 Å². The third kappa shape index (κ3) is 1.89. The Kier molecular flexibility index (Phi) is 2.42. The van der Waals surface area contributed by atoms with Crippen LogP contribution in [0, 0.1) is 0 Å². The summed E-state index contributed by atoms with van der Waals surface area (Å²) in [6.07, 6.45) is 0. The Morgan fingerprint density at radius 2 is 1.95 bits per heavy atom. The molecule has 0 fully saturated rings. The molecule has 0 spiro atoms.